The minimum Gasteiger partial charge on any atom is -0.422 e. The number of nitro groups is 2. The molecular formula is C23H18N2O8. The number of hydrogen-bond donors (Lipinski definition) is 0. The van der Waals surface area contributed by atoms with Crippen molar-refractivity contribution in [3.8, 4) is 11.5 Å². The van der Waals surface area contributed by atoms with E-state index in [-0.39, 0.29) is 34.0 Å². The Morgan fingerprint density at radius 2 is 1.12 bits per heavy atom. The number of nitrogens with zero attached hydrogens (tertiary/aromatic N) is 2. The second-order valence-corrected chi connectivity index (χ2v) is 6.87. The molecule has 0 fully saturated rings. The van der Waals surface area contributed by atoms with Crippen LogP contribution in [0.5, 0.6) is 11.5 Å². The van der Waals surface area contributed by atoms with Crippen molar-refractivity contribution in [2.75, 3.05) is 0 Å². The van der Waals surface area contributed by atoms with Gasteiger partial charge >= 0.3 is 11.9 Å². The maximum atomic E-state index is 12.5. The fraction of sp³-hybridized carbons (Fsp3) is 0.130. The lowest BCUT2D eigenvalue weighted by Crippen LogP contribution is -2.13. The summed E-state index contributed by atoms with van der Waals surface area (Å²) < 4.78 is 11.0. The van der Waals surface area contributed by atoms with E-state index in [1.165, 1.54) is 48.5 Å². The van der Waals surface area contributed by atoms with E-state index >= 15 is 0 Å². The van der Waals surface area contributed by atoms with Gasteiger partial charge in [-0.3, -0.25) is 20.2 Å². The van der Waals surface area contributed by atoms with Gasteiger partial charge in [0.05, 0.1) is 21.0 Å². The Kier molecular flexibility index (Phi) is 7.09. The average molecular weight is 450 g/mol. The van der Waals surface area contributed by atoms with Gasteiger partial charge < -0.3 is 9.47 Å². The Balaban J connectivity index is 1.82. The zero-order chi connectivity index (χ0) is 24.0. The molecule has 0 aliphatic heterocycles. The summed E-state index contributed by atoms with van der Waals surface area (Å²) in [6, 6.07) is 14.6. The van der Waals surface area contributed by atoms with Crippen molar-refractivity contribution >= 4 is 23.3 Å². The molecule has 0 bridgehead atoms. The topological polar surface area (TPSA) is 139 Å². The molecule has 3 aromatic carbocycles. The maximum Gasteiger partial charge on any atom is 0.343 e. The van der Waals surface area contributed by atoms with Crippen LogP contribution in [0.1, 0.15) is 39.6 Å². The van der Waals surface area contributed by atoms with Gasteiger partial charge in [-0.05, 0) is 42.8 Å². The summed E-state index contributed by atoms with van der Waals surface area (Å²) in [7, 11) is 0. The Morgan fingerprint density at radius 1 is 0.727 bits per heavy atom. The van der Waals surface area contributed by atoms with E-state index in [0.717, 1.165) is 0 Å². The SMILES string of the molecule is CCCc1c(OC(=O)c2ccc([N+](=O)[O-])cc2)cccc1OC(=O)c1ccc([N+](=O)[O-])cc1. The zero-order valence-electron chi connectivity index (χ0n) is 17.4. The molecule has 168 valence electrons. The number of carbonyl (C=O) groups is 2. The molecule has 0 radical (unpaired) electrons. The van der Waals surface area contributed by atoms with Crippen LogP contribution < -0.4 is 9.47 Å². The van der Waals surface area contributed by atoms with Gasteiger partial charge in [-0.15, -0.1) is 0 Å². The second-order valence-electron chi connectivity index (χ2n) is 6.87. The second kappa shape index (κ2) is 10.1. The lowest BCUT2D eigenvalue weighted by molar-refractivity contribution is -0.385. The van der Waals surface area contributed by atoms with Crippen LogP contribution in [0.3, 0.4) is 0 Å². The zero-order valence-corrected chi connectivity index (χ0v) is 17.4. The molecule has 0 spiro atoms. The number of non-ortho nitro benzene ring substituents is 2. The number of carbonyl (C=O) groups excluding carboxylic acids is 2. The first-order valence-electron chi connectivity index (χ1n) is 9.85. The largest absolute Gasteiger partial charge is 0.422 e. The van der Waals surface area contributed by atoms with Crippen LogP contribution in [0.15, 0.2) is 66.7 Å². The molecule has 0 aromatic heterocycles. The summed E-state index contributed by atoms with van der Waals surface area (Å²) in [6.07, 6.45) is 1.10. The monoisotopic (exact) mass is 450 g/mol. The van der Waals surface area contributed by atoms with E-state index in [2.05, 4.69) is 0 Å². The third-order valence-corrected chi connectivity index (χ3v) is 4.62. The fourth-order valence-electron chi connectivity index (χ4n) is 2.99. The first-order chi connectivity index (χ1) is 15.8. The van der Waals surface area contributed by atoms with Crippen LogP contribution >= 0.6 is 0 Å². The fourth-order valence-corrected chi connectivity index (χ4v) is 2.99. The predicted molar refractivity (Wildman–Crippen MR) is 117 cm³/mol. The minimum absolute atomic E-state index is 0.122. The quantitative estimate of drug-likeness (QED) is 0.204. The third kappa shape index (κ3) is 5.56. The Bertz CT molecular complexity index is 1110. The van der Waals surface area contributed by atoms with Crippen molar-refractivity contribution in [2.45, 2.75) is 19.8 Å². The van der Waals surface area contributed by atoms with Crippen molar-refractivity contribution in [3.05, 3.63) is 104 Å². The van der Waals surface area contributed by atoms with Gasteiger partial charge in [-0.1, -0.05) is 19.4 Å². The highest BCUT2D eigenvalue weighted by atomic mass is 16.6. The smallest absolute Gasteiger partial charge is 0.343 e. The molecule has 0 aliphatic carbocycles. The summed E-state index contributed by atoms with van der Waals surface area (Å²) in [6.45, 7) is 1.90. The Morgan fingerprint density at radius 3 is 1.45 bits per heavy atom. The van der Waals surface area contributed by atoms with Gasteiger partial charge in [0.1, 0.15) is 11.5 Å². The van der Waals surface area contributed by atoms with Gasteiger partial charge in [0.25, 0.3) is 11.4 Å². The minimum atomic E-state index is -0.721. The highest BCUT2D eigenvalue weighted by Crippen LogP contribution is 2.31. The molecule has 0 heterocycles. The van der Waals surface area contributed by atoms with Crippen molar-refractivity contribution < 1.29 is 28.9 Å². The van der Waals surface area contributed by atoms with E-state index in [1.807, 2.05) is 6.92 Å². The molecule has 0 N–H and O–H groups in total. The van der Waals surface area contributed by atoms with Gasteiger partial charge in [-0.2, -0.15) is 0 Å². The normalized spacial score (nSPS) is 10.3. The maximum absolute atomic E-state index is 12.5. The number of nitro benzene ring substituents is 2. The Labute approximate surface area is 187 Å². The van der Waals surface area contributed by atoms with Crippen molar-refractivity contribution in [1.29, 1.82) is 0 Å². The highest BCUT2D eigenvalue weighted by Gasteiger charge is 2.19. The number of benzene rings is 3. The molecule has 33 heavy (non-hydrogen) atoms. The van der Waals surface area contributed by atoms with E-state index in [9.17, 15) is 29.8 Å². The molecule has 0 atom stereocenters. The van der Waals surface area contributed by atoms with Crippen LogP contribution in [0.2, 0.25) is 0 Å². The van der Waals surface area contributed by atoms with Gasteiger partial charge in [-0.25, -0.2) is 9.59 Å². The molecule has 3 rings (SSSR count). The standard InChI is InChI=1S/C23H18N2O8/c1-2-4-19-20(32-22(26)15-7-11-17(12-8-15)24(28)29)5-3-6-21(19)33-23(27)16-9-13-18(14-10-16)25(30)31/h3,5-14H,2,4H2,1H3. The molecule has 0 unspecified atom stereocenters. The van der Waals surface area contributed by atoms with E-state index < -0.39 is 21.8 Å². The lowest BCUT2D eigenvalue weighted by atomic mass is 10.1. The van der Waals surface area contributed by atoms with Crippen LogP contribution in [0, 0.1) is 20.2 Å². The van der Waals surface area contributed by atoms with Crippen LogP contribution in [-0.4, -0.2) is 21.8 Å². The van der Waals surface area contributed by atoms with E-state index in [0.29, 0.717) is 18.4 Å². The summed E-state index contributed by atoms with van der Waals surface area (Å²) in [5.74, 6) is -1.06. The first-order valence-corrected chi connectivity index (χ1v) is 9.85. The van der Waals surface area contributed by atoms with Crippen molar-refractivity contribution in [3.63, 3.8) is 0 Å². The summed E-state index contributed by atoms with van der Waals surface area (Å²) >= 11 is 0. The number of esters is 2. The molecule has 10 nitrogen and oxygen atoms in total. The molecule has 3 aromatic rings. The lowest BCUT2D eigenvalue weighted by Gasteiger charge is -2.14. The van der Waals surface area contributed by atoms with Crippen molar-refractivity contribution in [1.82, 2.24) is 0 Å². The third-order valence-electron chi connectivity index (χ3n) is 4.62. The average Bonchev–Trinajstić information content (AvgIpc) is 2.81. The van der Waals surface area contributed by atoms with Crippen molar-refractivity contribution in [2.24, 2.45) is 0 Å². The molecule has 10 heteroatoms. The highest BCUT2D eigenvalue weighted by molar-refractivity contribution is 5.92. The Hall–Kier alpha value is -4.60. The summed E-state index contributed by atoms with van der Waals surface area (Å²) in [4.78, 5) is 45.5. The molecular weight excluding hydrogens is 432 g/mol. The van der Waals surface area contributed by atoms with Gasteiger partial charge in [0.15, 0.2) is 0 Å². The number of hydrogen-bond acceptors (Lipinski definition) is 8. The number of rotatable bonds is 8. The van der Waals surface area contributed by atoms with Crippen LogP contribution in [0.4, 0.5) is 11.4 Å². The van der Waals surface area contributed by atoms with Crippen LogP contribution in [-0.2, 0) is 6.42 Å². The van der Waals surface area contributed by atoms with Gasteiger partial charge in [0, 0.05) is 29.8 Å². The molecule has 0 saturated heterocycles. The molecule has 0 amide bonds. The van der Waals surface area contributed by atoms with Crippen LogP contribution in [0.25, 0.3) is 0 Å². The molecule has 0 saturated carbocycles. The van der Waals surface area contributed by atoms with Gasteiger partial charge in [0.2, 0.25) is 0 Å². The first kappa shape index (κ1) is 23.1. The predicted octanol–water partition coefficient (Wildman–Crippen LogP) is 4.89. The van der Waals surface area contributed by atoms with E-state index in [4.69, 9.17) is 9.47 Å². The number of ether oxygens (including phenoxy) is 2. The van der Waals surface area contributed by atoms with E-state index in [1.54, 1.807) is 18.2 Å². The summed E-state index contributed by atoms with van der Waals surface area (Å²) in [5, 5.41) is 21.6. The summed E-state index contributed by atoms with van der Waals surface area (Å²) in [5.41, 5.74) is 0.426. The molecule has 0 aliphatic rings.